The van der Waals surface area contributed by atoms with Crippen molar-refractivity contribution in [1.82, 2.24) is 0 Å². The first-order chi connectivity index (χ1) is 24.2. The van der Waals surface area contributed by atoms with Gasteiger partial charge in [-0.15, -0.1) is 0 Å². The van der Waals surface area contributed by atoms with Crippen molar-refractivity contribution in [1.29, 1.82) is 0 Å². The Morgan fingerprint density at radius 1 is 0.460 bits per heavy atom. The van der Waals surface area contributed by atoms with Crippen LogP contribution in [0, 0.1) is 0 Å². The number of carbonyl (C=O) groups is 6. The monoisotopic (exact) mass is 668 g/mol. The Morgan fingerprint density at radius 2 is 0.820 bits per heavy atom. The van der Waals surface area contributed by atoms with Crippen LogP contribution in [0.5, 0.6) is 23.0 Å². The lowest BCUT2D eigenvalue weighted by atomic mass is 10.1. The molecule has 246 valence electrons. The smallest absolute Gasteiger partial charge is 0.343 e. The van der Waals surface area contributed by atoms with Gasteiger partial charge < -0.3 is 18.9 Å². The fourth-order valence-corrected chi connectivity index (χ4v) is 5.71. The molecule has 2 aliphatic rings. The molecule has 7 rings (SSSR count). The van der Waals surface area contributed by atoms with Gasteiger partial charge in [0.25, 0.3) is 23.6 Å². The number of anilines is 2. The van der Waals surface area contributed by atoms with Crippen LogP contribution in [0.25, 0.3) is 0 Å². The van der Waals surface area contributed by atoms with Gasteiger partial charge in [0.05, 0.1) is 59.0 Å². The summed E-state index contributed by atoms with van der Waals surface area (Å²) in [5.74, 6) is -2.97. The average Bonchev–Trinajstić information content (AvgIpc) is 3.54. The molecule has 0 unspecified atom stereocenters. The number of nitrogens with zero attached hydrogens (tertiary/aromatic N) is 2. The average molecular weight is 669 g/mol. The number of rotatable bonds is 8. The third-order valence-corrected chi connectivity index (χ3v) is 8.14. The van der Waals surface area contributed by atoms with Crippen molar-refractivity contribution in [2.75, 3.05) is 24.0 Å². The Hall–Kier alpha value is -7.08. The van der Waals surface area contributed by atoms with Gasteiger partial charge in [0, 0.05) is 0 Å². The second-order valence-electron chi connectivity index (χ2n) is 11.0. The van der Waals surface area contributed by atoms with Crippen molar-refractivity contribution in [3.8, 4) is 23.0 Å². The van der Waals surface area contributed by atoms with E-state index in [1.54, 1.807) is 48.5 Å². The van der Waals surface area contributed by atoms with Crippen molar-refractivity contribution in [2.24, 2.45) is 0 Å². The molecule has 0 radical (unpaired) electrons. The van der Waals surface area contributed by atoms with Gasteiger partial charge in [-0.2, -0.15) is 0 Å². The number of amides is 4. The fraction of sp³-hybridized carbons (Fsp3) is 0.0526. The Bertz CT molecular complexity index is 2120. The number of carbonyl (C=O) groups excluding carboxylic acids is 6. The van der Waals surface area contributed by atoms with Crippen LogP contribution in [-0.4, -0.2) is 49.8 Å². The zero-order valence-corrected chi connectivity index (χ0v) is 26.4. The van der Waals surface area contributed by atoms with E-state index in [0.29, 0.717) is 11.5 Å². The van der Waals surface area contributed by atoms with Gasteiger partial charge in [-0.3, -0.25) is 19.2 Å². The minimum absolute atomic E-state index is 0.0381. The summed E-state index contributed by atoms with van der Waals surface area (Å²) < 4.78 is 21.5. The number of methoxy groups -OCH3 is 2. The number of para-hydroxylation sites is 4. The zero-order chi connectivity index (χ0) is 35.1. The summed E-state index contributed by atoms with van der Waals surface area (Å²) in [7, 11) is 2.86. The third kappa shape index (κ3) is 5.30. The first-order valence-electron chi connectivity index (χ1n) is 15.1. The maximum Gasteiger partial charge on any atom is 0.343 e. The van der Waals surface area contributed by atoms with E-state index in [9.17, 15) is 28.8 Å². The summed E-state index contributed by atoms with van der Waals surface area (Å²) in [6.07, 6.45) is 0. The summed E-state index contributed by atoms with van der Waals surface area (Å²) in [5, 5.41) is 0. The molecule has 0 bridgehead atoms. The number of hydrogen-bond donors (Lipinski definition) is 0. The highest BCUT2D eigenvalue weighted by molar-refractivity contribution is 6.36. The van der Waals surface area contributed by atoms with Crippen LogP contribution < -0.4 is 28.7 Å². The molecular weight excluding hydrogens is 644 g/mol. The van der Waals surface area contributed by atoms with Crippen LogP contribution in [-0.2, 0) is 0 Å². The molecule has 50 heavy (non-hydrogen) atoms. The maximum atomic E-state index is 13.2. The predicted octanol–water partition coefficient (Wildman–Crippen LogP) is 5.74. The molecule has 0 aliphatic carbocycles. The number of imide groups is 2. The lowest BCUT2D eigenvalue weighted by Crippen LogP contribution is -2.29. The molecule has 12 heteroatoms. The predicted molar refractivity (Wildman–Crippen MR) is 178 cm³/mol. The van der Waals surface area contributed by atoms with E-state index >= 15 is 0 Å². The summed E-state index contributed by atoms with van der Waals surface area (Å²) in [5.41, 5.74) is 0.995. The van der Waals surface area contributed by atoms with Gasteiger partial charge in [-0.05, 0) is 84.9 Å². The van der Waals surface area contributed by atoms with Crippen LogP contribution in [0.4, 0.5) is 11.4 Å². The van der Waals surface area contributed by atoms with Crippen LogP contribution in [0.3, 0.4) is 0 Å². The van der Waals surface area contributed by atoms with Crippen molar-refractivity contribution in [3.63, 3.8) is 0 Å². The van der Waals surface area contributed by atoms with Crippen LogP contribution in [0.2, 0.25) is 0 Å². The SMILES string of the molecule is COc1ccccc1N1C(=O)c2ccc(C(=O)Oc3ccc(OC(=O)c4ccc5c(c4)C(=O)N(c4ccccc4OC)C5=O)cc3)cc2C1=O. The topological polar surface area (TPSA) is 146 Å². The molecule has 5 aromatic carbocycles. The van der Waals surface area contributed by atoms with Gasteiger partial charge in [-0.1, -0.05) is 24.3 Å². The number of hydrogen-bond acceptors (Lipinski definition) is 10. The lowest BCUT2D eigenvalue weighted by Gasteiger charge is -2.16. The molecule has 0 saturated heterocycles. The second-order valence-corrected chi connectivity index (χ2v) is 11.0. The number of esters is 2. The largest absolute Gasteiger partial charge is 0.495 e. The Balaban J connectivity index is 1.02. The molecule has 4 amide bonds. The van der Waals surface area contributed by atoms with Crippen molar-refractivity contribution in [2.45, 2.75) is 0 Å². The second kappa shape index (κ2) is 12.5. The van der Waals surface area contributed by atoms with E-state index in [2.05, 4.69) is 0 Å². The Kier molecular flexibility index (Phi) is 7.88. The van der Waals surface area contributed by atoms with Gasteiger partial charge in [0.1, 0.15) is 23.0 Å². The number of benzene rings is 5. The summed E-state index contributed by atoms with van der Waals surface area (Å²) in [6, 6.07) is 27.0. The standard InChI is InChI=1S/C38H24N2O10/c1-47-31-9-5-3-7-29(31)39-33(41)25-17-11-21(19-27(25)35(39)43)37(45)49-23-13-15-24(16-14-23)50-38(46)22-12-18-26-28(20-22)36(44)40(34(26)42)30-8-4-6-10-32(30)48-2/h3-20H,1-2H3. The van der Waals surface area contributed by atoms with E-state index in [1.165, 1.54) is 74.9 Å². The van der Waals surface area contributed by atoms with E-state index in [1.807, 2.05) is 0 Å². The van der Waals surface area contributed by atoms with E-state index < -0.39 is 35.6 Å². The van der Waals surface area contributed by atoms with Gasteiger partial charge >= 0.3 is 11.9 Å². The van der Waals surface area contributed by atoms with Crippen LogP contribution in [0.15, 0.2) is 109 Å². The molecule has 0 saturated carbocycles. The number of fused-ring (bicyclic) bond motifs is 2. The molecule has 5 aromatic rings. The summed E-state index contributed by atoms with van der Waals surface area (Å²) in [6.45, 7) is 0. The third-order valence-electron chi connectivity index (χ3n) is 8.14. The van der Waals surface area contributed by atoms with Crippen LogP contribution in [0.1, 0.15) is 62.1 Å². The van der Waals surface area contributed by atoms with Crippen molar-refractivity contribution >= 4 is 46.9 Å². The van der Waals surface area contributed by atoms with Gasteiger partial charge in [0.2, 0.25) is 0 Å². The highest BCUT2D eigenvalue weighted by Crippen LogP contribution is 2.36. The molecule has 12 nitrogen and oxygen atoms in total. The van der Waals surface area contributed by atoms with Gasteiger partial charge in [-0.25, -0.2) is 19.4 Å². The molecule has 0 aromatic heterocycles. The zero-order valence-electron chi connectivity index (χ0n) is 26.4. The number of ether oxygens (including phenoxy) is 4. The molecule has 2 heterocycles. The quantitative estimate of drug-likeness (QED) is 0.114. The van der Waals surface area contributed by atoms with Crippen molar-refractivity contribution in [3.05, 3.63) is 143 Å². The Labute approximate surface area is 284 Å². The highest BCUT2D eigenvalue weighted by Gasteiger charge is 2.40. The van der Waals surface area contributed by atoms with Crippen LogP contribution >= 0.6 is 0 Å². The minimum Gasteiger partial charge on any atom is -0.495 e. The van der Waals surface area contributed by atoms with Gasteiger partial charge in [0.15, 0.2) is 0 Å². The van der Waals surface area contributed by atoms with E-state index in [0.717, 1.165) is 9.80 Å². The molecule has 2 aliphatic heterocycles. The van der Waals surface area contributed by atoms with E-state index in [-0.39, 0.29) is 56.3 Å². The molecule has 0 N–H and O–H groups in total. The minimum atomic E-state index is -0.784. The summed E-state index contributed by atoms with van der Waals surface area (Å²) >= 11 is 0. The maximum absolute atomic E-state index is 13.2. The summed E-state index contributed by atoms with van der Waals surface area (Å²) in [4.78, 5) is 80.6. The fourth-order valence-electron chi connectivity index (χ4n) is 5.71. The molecular formula is C38H24N2O10. The first-order valence-corrected chi connectivity index (χ1v) is 15.1. The van der Waals surface area contributed by atoms with E-state index in [4.69, 9.17) is 18.9 Å². The Morgan fingerprint density at radius 3 is 1.20 bits per heavy atom. The normalized spacial score (nSPS) is 13.2. The first kappa shape index (κ1) is 31.5. The molecule has 0 spiro atoms. The highest BCUT2D eigenvalue weighted by atomic mass is 16.5. The molecule has 0 fully saturated rings. The molecule has 0 atom stereocenters. The van der Waals surface area contributed by atoms with Crippen molar-refractivity contribution < 1.29 is 47.7 Å². The lowest BCUT2D eigenvalue weighted by molar-refractivity contribution is 0.0719.